The minimum Gasteiger partial charge on any atom is -0.480 e. The Labute approximate surface area is 87.5 Å². The maximum atomic E-state index is 11.0. The van der Waals surface area contributed by atoms with Gasteiger partial charge in [-0.3, -0.25) is 15.2 Å². The van der Waals surface area contributed by atoms with Gasteiger partial charge < -0.3 is 5.11 Å². The summed E-state index contributed by atoms with van der Waals surface area (Å²) >= 11 is 0. The van der Waals surface area contributed by atoms with Crippen molar-refractivity contribution in [1.29, 1.82) is 0 Å². The van der Waals surface area contributed by atoms with Gasteiger partial charge in [-0.1, -0.05) is 6.07 Å². The van der Waals surface area contributed by atoms with Gasteiger partial charge in [-0.2, -0.15) is 0 Å². The molecule has 0 amide bonds. The van der Waals surface area contributed by atoms with Gasteiger partial charge in [0.05, 0.1) is 0 Å². The molecule has 80 valence electrons. The van der Waals surface area contributed by atoms with Gasteiger partial charge >= 0.3 is 5.97 Å². The lowest BCUT2D eigenvalue weighted by atomic mass is 9.91. The van der Waals surface area contributed by atoms with Crippen molar-refractivity contribution in [3.8, 4) is 0 Å². The number of hydrogen-bond acceptors (Lipinski definition) is 4. The number of hydrazine groups is 1. The average Bonchev–Trinajstić information content (AvgIpc) is 2.61. The van der Waals surface area contributed by atoms with Crippen molar-refractivity contribution in [2.75, 3.05) is 0 Å². The highest BCUT2D eigenvalue weighted by atomic mass is 16.4. The van der Waals surface area contributed by atoms with E-state index in [1.54, 1.807) is 6.20 Å². The molecule has 3 unspecified atom stereocenters. The Bertz CT molecular complexity index is 355. The van der Waals surface area contributed by atoms with Crippen LogP contribution >= 0.6 is 0 Å². The molecule has 0 saturated carbocycles. The average molecular weight is 207 g/mol. The summed E-state index contributed by atoms with van der Waals surface area (Å²) in [5.41, 5.74) is 6.49. The summed E-state index contributed by atoms with van der Waals surface area (Å²) in [4.78, 5) is 15.2. The summed E-state index contributed by atoms with van der Waals surface area (Å²) in [6, 6.07) is 4.98. The Kier molecular flexibility index (Phi) is 2.66. The van der Waals surface area contributed by atoms with E-state index >= 15 is 0 Å². The van der Waals surface area contributed by atoms with Crippen molar-refractivity contribution in [1.82, 2.24) is 15.8 Å². The molecule has 1 aromatic heterocycles. The van der Waals surface area contributed by atoms with Crippen LogP contribution in [-0.4, -0.2) is 28.1 Å². The number of nitrogens with zero attached hydrogens (tertiary/aromatic N) is 1. The van der Waals surface area contributed by atoms with Crippen LogP contribution in [0.15, 0.2) is 24.4 Å². The van der Waals surface area contributed by atoms with Crippen LogP contribution in [0.2, 0.25) is 0 Å². The largest absolute Gasteiger partial charge is 0.480 e. The second-order valence-corrected chi connectivity index (χ2v) is 3.67. The van der Waals surface area contributed by atoms with Crippen LogP contribution in [0.25, 0.3) is 0 Å². The third-order valence-corrected chi connectivity index (χ3v) is 2.66. The fourth-order valence-corrected chi connectivity index (χ4v) is 1.90. The molecule has 3 N–H and O–H groups in total. The maximum Gasteiger partial charge on any atom is 0.322 e. The number of pyridine rings is 1. The Morgan fingerprint density at radius 1 is 1.47 bits per heavy atom. The fraction of sp³-hybridized carbons (Fsp3) is 0.400. The van der Waals surface area contributed by atoms with Gasteiger partial charge in [0.2, 0.25) is 0 Å². The molecule has 1 aliphatic heterocycles. The van der Waals surface area contributed by atoms with Gasteiger partial charge in [0.15, 0.2) is 0 Å². The van der Waals surface area contributed by atoms with E-state index in [0.717, 1.165) is 5.69 Å². The molecule has 0 aliphatic carbocycles. The van der Waals surface area contributed by atoms with Gasteiger partial charge in [0.1, 0.15) is 6.04 Å². The van der Waals surface area contributed by atoms with E-state index in [2.05, 4.69) is 15.8 Å². The standard InChI is InChI=1S/C10H13N3O2/c1-6-8(7-4-2-3-5-11-7)9(10(14)15)13-12-6/h2-6,8-9,12-13H,1H3,(H,14,15). The van der Waals surface area contributed by atoms with Crippen molar-refractivity contribution >= 4 is 5.97 Å². The van der Waals surface area contributed by atoms with E-state index in [9.17, 15) is 4.79 Å². The quantitative estimate of drug-likeness (QED) is 0.642. The molecule has 3 atom stereocenters. The molecule has 0 radical (unpaired) electrons. The van der Waals surface area contributed by atoms with E-state index in [4.69, 9.17) is 5.11 Å². The Morgan fingerprint density at radius 3 is 2.87 bits per heavy atom. The van der Waals surface area contributed by atoms with Crippen molar-refractivity contribution in [3.63, 3.8) is 0 Å². The maximum absolute atomic E-state index is 11.0. The highest BCUT2D eigenvalue weighted by Gasteiger charge is 2.39. The molecule has 5 heteroatoms. The summed E-state index contributed by atoms with van der Waals surface area (Å²) in [6.45, 7) is 1.94. The van der Waals surface area contributed by atoms with Crippen molar-refractivity contribution in [2.45, 2.75) is 24.9 Å². The highest BCUT2D eigenvalue weighted by molar-refractivity contribution is 5.75. The molecule has 1 saturated heterocycles. The summed E-state index contributed by atoms with van der Waals surface area (Å²) in [6.07, 6.45) is 1.68. The second-order valence-electron chi connectivity index (χ2n) is 3.67. The fourth-order valence-electron chi connectivity index (χ4n) is 1.90. The topological polar surface area (TPSA) is 74.2 Å². The van der Waals surface area contributed by atoms with Crippen LogP contribution in [0.1, 0.15) is 18.5 Å². The predicted molar refractivity (Wildman–Crippen MR) is 54.1 cm³/mol. The zero-order chi connectivity index (χ0) is 10.8. The molecular formula is C10H13N3O2. The van der Waals surface area contributed by atoms with Crippen molar-refractivity contribution < 1.29 is 9.90 Å². The molecule has 2 rings (SSSR count). The summed E-state index contributed by atoms with van der Waals surface area (Å²) in [7, 11) is 0. The number of carbonyl (C=O) groups is 1. The molecule has 15 heavy (non-hydrogen) atoms. The lowest BCUT2D eigenvalue weighted by Gasteiger charge is -2.16. The van der Waals surface area contributed by atoms with Gasteiger partial charge in [0.25, 0.3) is 0 Å². The molecule has 1 fully saturated rings. The summed E-state index contributed by atoms with van der Waals surface area (Å²) in [5, 5.41) is 9.03. The molecule has 0 bridgehead atoms. The third-order valence-electron chi connectivity index (χ3n) is 2.66. The minimum atomic E-state index is -0.859. The highest BCUT2D eigenvalue weighted by Crippen LogP contribution is 2.25. The van der Waals surface area contributed by atoms with Crippen LogP contribution in [0.4, 0.5) is 0 Å². The molecule has 1 aliphatic rings. The molecule has 0 spiro atoms. The number of carboxylic acids is 1. The zero-order valence-electron chi connectivity index (χ0n) is 8.34. The number of aliphatic carboxylic acids is 1. The van der Waals surface area contributed by atoms with Gasteiger partial charge in [-0.25, -0.2) is 5.43 Å². The Balaban J connectivity index is 2.29. The van der Waals surface area contributed by atoms with E-state index in [1.165, 1.54) is 0 Å². The number of rotatable bonds is 2. The minimum absolute atomic E-state index is 0.0565. The van der Waals surface area contributed by atoms with Crippen LogP contribution < -0.4 is 10.9 Å². The number of aromatic nitrogens is 1. The lowest BCUT2D eigenvalue weighted by Crippen LogP contribution is -2.38. The Morgan fingerprint density at radius 2 is 2.27 bits per heavy atom. The zero-order valence-corrected chi connectivity index (χ0v) is 8.34. The smallest absolute Gasteiger partial charge is 0.322 e. The van der Waals surface area contributed by atoms with Crippen molar-refractivity contribution in [3.05, 3.63) is 30.1 Å². The molecule has 2 heterocycles. The van der Waals surface area contributed by atoms with Crippen LogP contribution in [0, 0.1) is 0 Å². The summed E-state index contributed by atoms with van der Waals surface area (Å²) < 4.78 is 0. The Hall–Kier alpha value is -1.46. The lowest BCUT2D eigenvalue weighted by molar-refractivity contribution is -0.139. The molecule has 0 aromatic carbocycles. The van der Waals surface area contributed by atoms with E-state index < -0.39 is 12.0 Å². The third kappa shape index (κ3) is 1.84. The van der Waals surface area contributed by atoms with Crippen LogP contribution in [0.5, 0.6) is 0 Å². The number of carboxylic acid groups (broad SMARTS) is 1. The van der Waals surface area contributed by atoms with E-state index in [-0.39, 0.29) is 12.0 Å². The van der Waals surface area contributed by atoms with Crippen LogP contribution in [-0.2, 0) is 4.79 Å². The SMILES string of the molecule is CC1NNC(C(=O)O)C1c1ccccn1. The molecular weight excluding hydrogens is 194 g/mol. The molecule has 1 aromatic rings. The van der Waals surface area contributed by atoms with Crippen LogP contribution in [0.3, 0.4) is 0 Å². The first-order valence-electron chi connectivity index (χ1n) is 4.85. The normalized spacial score (nSPS) is 30.3. The molecule has 5 nitrogen and oxygen atoms in total. The van der Waals surface area contributed by atoms with Gasteiger partial charge in [-0.05, 0) is 19.1 Å². The van der Waals surface area contributed by atoms with Gasteiger partial charge in [0, 0.05) is 23.9 Å². The van der Waals surface area contributed by atoms with E-state index in [0.29, 0.717) is 0 Å². The summed E-state index contributed by atoms with van der Waals surface area (Å²) in [5.74, 6) is -0.994. The van der Waals surface area contributed by atoms with Crippen molar-refractivity contribution in [2.24, 2.45) is 0 Å². The first-order chi connectivity index (χ1) is 7.20. The predicted octanol–water partition coefficient (Wildman–Crippen LogP) is 0.115. The monoisotopic (exact) mass is 207 g/mol. The first-order valence-corrected chi connectivity index (χ1v) is 4.85. The first kappa shape index (κ1) is 10.1. The number of hydrogen-bond donors (Lipinski definition) is 3. The van der Waals surface area contributed by atoms with Gasteiger partial charge in [-0.15, -0.1) is 0 Å². The van der Waals surface area contributed by atoms with E-state index in [1.807, 2.05) is 25.1 Å². The second kappa shape index (κ2) is 3.96. The number of nitrogens with one attached hydrogen (secondary N) is 2.